The summed E-state index contributed by atoms with van der Waals surface area (Å²) in [5, 5.41) is 0. The van der Waals surface area contributed by atoms with E-state index < -0.39 is 0 Å². The monoisotopic (exact) mass is 178 g/mol. The fraction of sp³-hybridized carbons (Fsp3) is 0.300. The second-order valence-electron chi connectivity index (χ2n) is 2.65. The topological polar surface area (TPSA) is 34.1 Å². The molecule has 0 saturated heterocycles. The van der Waals surface area contributed by atoms with Crippen molar-refractivity contribution in [2.24, 2.45) is 0 Å². The molecule has 0 saturated carbocycles. The Bertz CT molecular complexity index is 248. The van der Waals surface area contributed by atoms with E-state index in [-0.39, 0.29) is 6.04 Å². The van der Waals surface area contributed by atoms with Gasteiger partial charge in [-0.3, -0.25) is 4.98 Å². The quantitative estimate of drug-likeness (QED) is 0.552. The van der Waals surface area contributed by atoms with Gasteiger partial charge in [-0.1, -0.05) is 12.1 Å². The number of aromatic nitrogens is 1. The van der Waals surface area contributed by atoms with Crippen LogP contribution in [0.3, 0.4) is 0 Å². The zero-order valence-electron chi connectivity index (χ0n) is 7.73. The van der Waals surface area contributed by atoms with Crippen molar-refractivity contribution in [2.75, 3.05) is 7.11 Å². The first-order chi connectivity index (χ1) is 6.38. The minimum absolute atomic E-state index is 0.0868. The summed E-state index contributed by atoms with van der Waals surface area (Å²) in [7, 11) is 1.60. The summed E-state index contributed by atoms with van der Waals surface area (Å²) >= 11 is 0. The number of hydrogen-bond donors (Lipinski definition) is 1. The maximum absolute atomic E-state index is 4.87. The van der Waals surface area contributed by atoms with Crippen molar-refractivity contribution < 1.29 is 4.84 Å². The molecule has 0 radical (unpaired) electrons. The molecule has 1 rings (SSSR count). The number of rotatable bonds is 5. The fourth-order valence-electron chi connectivity index (χ4n) is 1.12. The van der Waals surface area contributed by atoms with Crippen molar-refractivity contribution in [2.45, 2.75) is 12.5 Å². The molecule has 1 heterocycles. The van der Waals surface area contributed by atoms with Crippen LogP contribution < -0.4 is 5.48 Å². The zero-order valence-corrected chi connectivity index (χ0v) is 7.73. The molecule has 0 bridgehead atoms. The molecule has 1 aromatic rings. The number of nitrogens with one attached hydrogen (secondary N) is 1. The molecular weight excluding hydrogens is 164 g/mol. The van der Waals surface area contributed by atoms with Crippen LogP contribution in [-0.4, -0.2) is 12.1 Å². The van der Waals surface area contributed by atoms with Gasteiger partial charge in [-0.15, -0.1) is 6.58 Å². The van der Waals surface area contributed by atoms with Crippen molar-refractivity contribution >= 4 is 0 Å². The summed E-state index contributed by atoms with van der Waals surface area (Å²) < 4.78 is 0. The lowest BCUT2D eigenvalue weighted by Gasteiger charge is -2.14. The summed E-state index contributed by atoms with van der Waals surface area (Å²) in [6, 6.07) is 5.89. The van der Waals surface area contributed by atoms with Crippen LogP contribution in [0.15, 0.2) is 37.1 Å². The molecule has 0 fully saturated rings. The number of hydrogen-bond acceptors (Lipinski definition) is 3. The molecule has 3 nitrogen and oxygen atoms in total. The SMILES string of the molecule is C=CCC(NOC)c1ccccn1. The summed E-state index contributed by atoms with van der Waals surface area (Å²) in [4.78, 5) is 9.10. The van der Waals surface area contributed by atoms with Gasteiger partial charge in [0.1, 0.15) is 0 Å². The number of hydroxylamine groups is 1. The molecule has 1 unspecified atom stereocenters. The Morgan fingerprint density at radius 3 is 3.08 bits per heavy atom. The van der Waals surface area contributed by atoms with E-state index >= 15 is 0 Å². The lowest BCUT2D eigenvalue weighted by atomic mass is 10.1. The van der Waals surface area contributed by atoms with E-state index in [1.54, 1.807) is 13.3 Å². The lowest BCUT2D eigenvalue weighted by molar-refractivity contribution is 0.0601. The maximum atomic E-state index is 4.87. The third-order valence-electron chi connectivity index (χ3n) is 1.71. The third kappa shape index (κ3) is 2.97. The molecule has 0 aromatic carbocycles. The fourth-order valence-corrected chi connectivity index (χ4v) is 1.12. The Balaban J connectivity index is 2.69. The molecule has 0 aliphatic carbocycles. The Morgan fingerprint density at radius 1 is 1.69 bits per heavy atom. The molecular formula is C10H14N2O. The zero-order chi connectivity index (χ0) is 9.52. The van der Waals surface area contributed by atoms with Crippen molar-refractivity contribution in [1.29, 1.82) is 0 Å². The van der Waals surface area contributed by atoms with Crippen LogP contribution in [0.2, 0.25) is 0 Å². The average molecular weight is 178 g/mol. The molecule has 1 N–H and O–H groups in total. The normalized spacial score (nSPS) is 12.4. The van der Waals surface area contributed by atoms with Gasteiger partial charge in [-0.25, -0.2) is 0 Å². The van der Waals surface area contributed by atoms with Crippen LogP contribution in [0.1, 0.15) is 18.2 Å². The van der Waals surface area contributed by atoms with Gasteiger partial charge in [0.05, 0.1) is 18.8 Å². The van der Waals surface area contributed by atoms with Crippen LogP contribution in [0.5, 0.6) is 0 Å². The standard InChI is InChI=1S/C10H14N2O/c1-3-6-10(12-13-2)9-7-4-5-8-11-9/h3-5,7-8,10,12H,1,6H2,2H3. The molecule has 13 heavy (non-hydrogen) atoms. The molecule has 0 spiro atoms. The predicted molar refractivity (Wildman–Crippen MR) is 51.9 cm³/mol. The second kappa shape index (κ2) is 5.45. The molecule has 0 amide bonds. The Morgan fingerprint density at radius 2 is 2.54 bits per heavy atom. The molecule has 1 atom stereocenters. The van der Waals surface area contributed by atoms with Gasteiger partial charge in [-0.2, -0.15) is 5.48 Å². The Hall–Kier alpha value is -1.19. The van der Waals surface area contributed by atoms with Gasteiger partial charge in [-0.05, 0) is 18.6 Å². The highest BCUT2D eigenvalue weighted by atomic mass is 16.6. The minimum atomic E-state index is 0.0868. The van der Waals surface area contributed by atoms with E-state index in [0.717, 1.165) is 12.1 Å². The third-order valence-corrected chi connectivity index (χ3v) is 1.71. The van der Waals surface area contributed by atoms with Crippen LogP contribution in [0.25, 0.3) is 0 Å². The Kier molecular flexibility index (Phi) is 4.15. The Labute approximate surface area is 78.4 Å². The van der Waals surface area contributed by atoms with E-state index in [1.165, 1.54) is 0 Å². The van der Waals surface area contributed by atoms with Gasteiger partial charge in [0, 0.05) is 6.20 Å². The van der Waals surface area contributed by atoms with E-state index in [4.69, 9.17) is 4.84 Å². The van der Waals surface area contributed by atoms with Crippen LogP contribution in [-0.2, 0) is 4.84 Å². The minimum Gasteiger partial charge on any atom is -0.304 e. The van der Waals surface area contributed by atoms with Crippen LogP contribution >= 0.6 is 0 Å². The molecule has 70 valence electrons. The van der Waals surface area contributed by atoms with E-state index in [0.29, 0.717) is 0 Å². The first kappa shape index (κ1) is 9.89. The van der Waals surface area contributed by atoms with Crippen molar-refractivity contribution in [1.82, 2.24) is 10.5 Å². The van der Waals surface area contributed by atoms with Crippen molar-refractivity contribution in [3.8, 4) is 0 Å². The first-order valence-electron chi connectivity index (χ1n) is 4.18. The summed E-state index contributed by atoms with van der Waals surface area (Å²) in [5.41, 5.74) is 3.83. The molecule has 1 aromatic heterocycles. The van der Waals surface area contributed by atoms with Gasteiger partial charge >= 0.3 is 0 Å². The summed E-state index contributed by atoms with van der Waals surface area (Å²) in [6.07, 6.45) is 4.40. The van der Waals surface area contributed by atoms with E-state index in [9.17, 15) is 0 Å². The maximum Gasteiger partial charge on any atom is 0.0777 e. The highest BCUT2D eigenvalue weighted by Gasteiger charge is 2.08. The van der Waals surface area contributed by atoms with Crippen LogP contribution in [0, 0.1) is 0 Å². The van der Waals surface area contributed by atoms with Gasteiger partial charge in [0.25, 0.3) is 0 Å². The molecule has 0 aliphatic rings. The van der Waals surface area contributed by atoms with Gasteiger partial charge < -0.3 is 4.84 Å². The lowest BCUT2D eigenvalue weighted by Crippen LogP contribution is -2.20. The highest BCUT2D eigenvalue weighted by molar-refractivity contribution is 5.09. The first-order valence-corrected chi connectivity index (χ1v) is 4.18. The highest BCUT2D eigenvalue weighted by Crippen LogP contribution is 2.13. The van der Waals surface area contributed by atoms with E-state index in [2.05, 4.69) is 17.0 Å². The second-order valence-corrected chi connectivity index (χ2v) is 2.65. The smallest absolute Gasteiger partial charge is 0.0777 e. The van der Waals surface area contributed by atoms with Crippen LogP contribution in [0.4, 0.5) is 0 Å². The van der Waals surface area contributed by atoms with Crippen molar-refractivity contribution in [3.63, 3.8) is 0 Å². The van der Waals surface area contributed by atoms with Gasteiger partial charge in [0.2, 0.25) is 0 Å². The number of pyridine rings is 1. The predicted octanol–water partition coefficient (Wildman–Crippen LogP) is 1.85. The molecule has 3 heteroatoms. The largest absolute Gasteiger partial charge is 0.304 e. The number of nitrogens with zero attached hydrogens (tertiary/aromatic N) is 1. The average Bonchev–Trinajstić information content (AvgIpc) is 2.19. The summed E-state index contributed by atoms with van der Waals surface area (Å²) in [6.45, 7) is 3.68. The molecule has 0 aliphatic heterocycles. The van der Waals surface area contributed by atoms with Gasteiger partial charge in [0.15, 0.2) is 0 Å². The van der Waals surface area contributed by atoms with E-state index in [1.807, 2.05) is 24.3 Å². The summed E-state index contributed by atoms with van der Waals surface area (Å²) in [5.74, 6) is 0. The van der Waals surface area contributed by atoms with Crippen molar-refractivity contribution in [3.05, 3.63) is 42.7 Å².